The summed E-state index contributed by atoms with van der Waals surface area (Å²) in [6, 6.07) is 14.7. The zero-order chi connectivity index (χ0) is 25.8. The van der Waals surface area contributed by atoms with E-state index >= 15 is 0 Å². The largest absolute Gasteiger partial charge is 0.330 e. The first-order valence-electron chi connectivity index (χ1n) is 12.0. The second kappa shape index (κ2) is 11.5. The smallest absolute Gasteiger partial charge is 0.229 e. The first kappa shape index (κ1) is 27.7. The van der Waals surface area contributed by atoms with Crippen molar-refractivity contribution in [3.8, 4) is 0 Å². The van der Waals surface area contributed by atoms with Gasteiger partial charge in [0, 0.05) is 28.5 Å². The molecule has 2 aromatic rings. The number of benzene rings is 2. The highest BCUT2D eigenvalue weighted by Crippen LogP contribution is 2.52. The fourth-order valence-electron chi connectivity index (χ4n) is 5.05. The van der Waals surface area contributed by atoms with Crippen LogP contribution in [-0.4, -0.2) is 37.6 Å². The number of halogens is 2. The van der Waals surface area contributed by atoms with Crippen LogP contribution in [0.15, 0.2) is 61.2 Å². The van der Waals surface area contributed by atoms with Gasteiger partial charge >= 0.3 is 0 Å². The molecule has 0 radical (unpaired) electrons. The highest BCUT2D eigenvalue weighted by atomic mass is 35.5. The summed E-state index contributed by atoms with van der Waals surface area (Å²) in [5.74, 6) is -0.0790. The van der Waals surface area contributed by atoms with Crippen LogP contribution < -0.4 is 4.72 Å². The van der Waals surface area contributed by atoms with Crippen molar-refractivity contribution in [2.45, 2.75) is 58.0 Å². The quantitative estimate of drug-likeness (QED) is 0.359. The summed E-state index contributed by atoms with van der Waals surface area (Å²) in [5, 5.41) is 1.25. The Labute approximate surface area is 219 Å². The van der Waals surface area contributed by atoms with Crippen molar-refractivity contribution in [3.63, 3.8) is 0 Å². The molecule has 0 unspecified atom stereocenters. The van der Waals surface area contributed by atoms with Gasteiger partial charge in [-0.15, -0.1) is 6.58 Å². The van der Waals surface area contributed by atoms with E-state index in [1.165, 1.54) is 0 Å². The Bertz CT molecular complexity index is 1150. The Kier molecular flexibility index (Phi) is 9.08. The molecule has 8 heteroatoms. The van der Waals surface area contributed by atoms with Gasteiger partial charge in [-0.05, 0) is 61.6 Å². The molecule has 0 spiro atoms. The molecule has 5 nitrogen and oxygen atoms in total. The molecular weight excluding hydrogens is 503 g/mol. The number of rotatable bonds is 10. The van der Waals surface area contributed by atoms with E-state index in [9.17, 15) is 13.2 Å². The Morgan fingerprint density at radius 1 is 1.14 bits per heavy atom. The molecule has 1 aliphatic rings. The normalized spacial score (nSPS) is 23.8. The molecule has 0 aliphatic carbocycles. The van der Waals surface area contributed by atoms with Gasteiger partial charge in [0.05, 0.1) is 17.2 Å². The molecule has 1 fully saturated rings. The molecule has 0 saturated carbocycles. The van der Waals surface area contributed by atoms with Crippen molar-refractivity contribution in [1.82, 2.24) is 9.62 Å². The van der Waals surface area contributed by atoms with Crippen molar-refractivity contribution in [3.05, 3.63) is 82.4 Å². The topological polar surface area (TPSA) is 66.5 Å². The molecular formula is C27H34Cl2N2O3S. The Morgan fingerprint density at radius 3 is 2.40 bits per heavy atom. The van der Waals surface area contributed by atoms with Crippen LogP contribution in [0.2, 0.25) is 10.0 Å². The summed E-state index contributed by atoms with van der Waals surface area (Å²) < 4.78 is 27.2. The molecule has 1 aliphatic heterocycles. The standard InChI is InChI=1S/C27H34Cl2N2O3S/c1-5-15-27(4)17-24(20-9-8-10-22(29)16-20)25(19-11-13-21(28)14-12-19)31(26(27)32)23(6-2)18-30-35(33,34)7-3/h5,8-14,16,23-25,30H,1,6-7,15,17-18H2,2-4H3/t23-,24+,25+,27-/m0/s1. The molecule has 35 heavy (non-hydrogen) atoms. The lowest BCUT2D eigenvalue weighted by atomic mass is 9.67. The van der Waals surface area contributed by atoms with E-state index in [0.29, 0.717) is 29.3 Å². The number of carbonyl (C=O) groups excluding carboxylic acids is 1. The Morgan fingerprint density at radius 2 is 1.83 bits per heavy atom. The van der Waals surface area contributed by atoms with Gasteiger partial charge in [-0.1, -0.05) is 67.4 Å². The predicted octanol–water partition coefficient (Wildman–Crippen LogP) is 6.35. The zero-order valence-electron chi connectivity index (χ0n) is 20.5. The molecule has 0 bridgehead atoms. The number of allylic oxidation sites excluding steroid dienone is 1. The Hall–Kier alpha value is -1.86. The van der Waals surface area contributed by atoms with E-state index in [1.54, 1.807) is 13.0 Å². The summed E-state index contributed by atoms with van der Waals surface area (Å²) in [6.45, 7) is 9.60. The van der Waals surface area contributed by atoms with Crippen LogP contribution in [0.1, 0.15) is 63.1 Å². The van der Waals surface area contributed by atoms with Gasteiger partial charge in [-0.3, -0.25) is 4.79 Å². The van der Waals surface area contributed by atoms with Gasteiger partial charge in [0.2, 0.25) is 15.9 Å². The molecule has 190 valence electrons. The lowest BCUT2D eigenvalue weighted by Crippen LogP contribution is -2.57. The fourth-order valence-corrected chi connectivity index (χ4v) is 6.03. The van der Waals surface area contributed by atoms with E-state index in [1.807, 2.05) is 67.3 Å². The summed E-state index contributed by atoms with van der Waals surface area (Å²) >= 11 is 12.6. The summed E-state index contributed by atoms with van der Waals surface area (Å²) in [5.41, 5.74) is 1.30. The van der Waals surface area contributed by atoms with Crippen molar-refractivity contribution < 1.29 is 13.2 Å². The highest BCUT2D eigenvalue weighted by molar-refractivity contribution is 7.89. The molecule has 1 amide bonds. The van der Waals surface area contributed by atoms with Crippen LogP contribution in [0.25, 0.3) is 0 Å². The van der Waals surface area contributed by atoms with E-state index < -0.39 is 15.4 Å². The maximum atomic E-state index is 14.2. The number of hydrogen-bond donors (Lipinski definition) is 1. The summed E-state index contributed by atoms with van der Waals surface area (Å²) in [6.07, 6.45) is 3.51. The number of likely N-dealkylation sites (tertiary alicyclic amines) is 1. The third kappa shape index (κ3) is 6.29. The second-order valence-corrected chi connectivity index (χ2v) is 12.4. The molecule has 1 heterocycles. The Balaban J connectivity index is 2.19. The SMILES string of the molecule is C=CC[C@@]1(C)C[C@H](c2cccc(Cl)c2)[C@@H](c2ccc(Cl)cc2)N([C@@H](CC)CNS(=O)(=O)CC)C1=O. The van der Waals surface area contributed by atoms with Crippen LogP contribution in [-0.2, 0) is 14.8 Å². The molecule has 1 N–H and O–H groups in total. The van der Waals surface area contributed by atoms with E-state index in [4.69, 9.17) is 23.2 Å². The molecule has 1 saturated heterocycles. The minimum Gasteiger partial charge on any atom is -0.330 e. The first-order chi connectivity index (χ1) is 16.5. The molecule has 2 aromatic carbocycles. The lowest BCUT2D eigenvalue weighted by Gasteiger charge is -2.52. The van der Waals surface area contributed by atoms with Gasteiger partial charge < -0.3 is 4.90 Å². The van der Waals surface area contributed by atoms with E-state index in [0.717, 1.165) is 11.1 Å². The zero-order valence-corrected chi connectivity index (χ0v) is 22.8. The van der Waals surface area contributed by atoms with E-state index in [2.05, 4.69) is 11.3 Å². The molecule has 4 atom stereocenters. The van der Waals surface area contributed by atoms with Crippen molar-refractivity contribution >= 4 is 39.1 Å². The number of nitrogens with one attached hydrogen (secondary N) is 1. The molecule has 0 aromatic heterocycles. The number of amides is 1. The fraction of sp³-hybridized carbons (Fsp3) is 0.444. The predicted molar refractivity (Wildman–Crippen MR) is 144 cm³/mol. The number of sulfonamides is 1. The third-order valence-electron chi connectivity index (χ3n) is 6.97. The van der Waals surface area contributed by atoms with Crippen LogP contribution in [0.5, 0.6) is 0 Å². The van der Waals surface area contributed by atoms with Gasteiger partial charge in [0.25, 0.3) is 0 Å². The molecule has 3 rings (SSSR count). The number of carbonyl (C=O) groups is 1. The third-order valence-corrected chi connectivity index (χ3v) is 8.82. The average molecular weight is 538 g/mol. The lowest BCUT2D eigenvalue weighted by molar-refractivity contribution is -0.154. The second-order valence-electron chi connectivity index (χ2n) is 9.44. The van der Waals surface area contributed by atoms with Gasteiger partial charge in [-0.25, -0.2) is 13.1 Å². The van der Waals surface area contributed by atoms with Crippen LogP contribution in [0, 0.1) is 5.41 Å². The maximum absolute atomic E-state index is 14.2. The first-order valence-corrected chi connectivity index (χ1v) is 14.4. The summed E-state index contributed by atoms with van der Waals surface area (Å²) in [4.78, 5) is 16.1. The van der Waals surface area contributed by atoms with Crippen molar-refractivity contribution in [2.75, 3.05) is 12.3 Å². The number of nitrogens with zero attached hydrogens (tertiary/aromatic N) is 1. The highest BCUT2D eigenvalue weighted by Gasteiger charge is 2.50. The maximum Gasteiger partial charge on any atom is 0.229 e. The van der Waals surface area contributed by atoms with Crippen LogP contribution in [0.3, 0.4) is 0 Å². The van der Waals surface area contributed by atoms with Crippen molar-refractivity contribution in [1.29, 1.82) is 0 Å². The van der Waals surface area contributed by atoms with Crippen LogP contribution in [0.4, 0.5) is 0 Å². The number of piperidine rings is 1. The average Bonchev–Trinajstić information content (AvgIpc) is 2.82. The minimum atomic E-state index is -3.42. The van der Waals surface area contributed by atoms with Gasteiger partial charge in [0.15, 0.2) is 0 Å². The monoisotopic (exact) mass is 536 g/mol. The number of hydrogen-bond acceptors (Lipinski definition) is 3. The van der Waals surface area contributed by atoms with Crippen molar-refractivity contribution in [2.24, 2.45) is 5.41 Å². The van der Waals surface area contributed by atoms with E-state index in [-0.39, 0.29) is 36.2 Å². The minimum absolute atomic E-state index is 0.00169. The summed E-state index contributed by atoms with van der Waals surface area (Å²) in [7, 11) is -3.42. The van der Waals surface area contributed by atoms with Gasteiger partial charge in [0.1, 0.15) is 0 Å². The van der Waals surface area contributed by atoms with Crippen LogP contribution >= 0.6 is 23.2 Å². The van der Waals surface area contributed by atoms with Gasteiger partial charge in [-0.2, -0.15) is 0 Å².